The first-order valence-corrected chi connectivity index (χ1v) is 6.27. The second-order valence-corrected chi connectivity index (χ2v) is 4.85. The van der Waals surface area contributed by atoms with Crippen LogP contribution in [0, 0.1) is 0 Å². The van der Waals surface area contributed by atoms with Crippen LogP contribution in [0.3, 0.4) is 0 Å². The molecule has 0 bridgehead atoms. The Morgan fingerprint density at radius 2 is 2.12 bits per heavy atom. The molecule has 4 nitrogen and oxygen atoms in total. The number of hydrogen-bond donors (Lipinski definition) is 2. The van der Waals surface area contributed by atoms with Crippen molar-refractivity contribution in [2.24, 2.45) is 0 Å². The van der Waals surface area contributed by atoms with E-state index in [0.717, 1.165) is 19.4 Å². The Morgan fingerprint density at radius 1 is 1.44 bits per heavy atom. The van der Waals surface area contributed by atoms with Crippen molar-refractivity contribution in [3.63, 3.8) is 0 Å². The molecular weight excluding hydrogens is 204 g/mol. The fourth-order valence-electron chi connectivity index (χ4n) is 1.81. The first kappa shape index (κ1) is 13.5. The van der Waals surface area contributed by atoms with Crippen molar-refractivity contribution in [1.29, 1.82) is 0 Å². The van der Waals surface area contributed by atoms with E-state index in [0.29, 0.717) is 12.6 Å². The van der Waals surface area contributed by atoms with Crippen LogP contribution in [0.4, 0.5) is 0 Å². The zero-order valence-electron chi connectivity index (χ0n) is 10.4. The van der Waals surface area contributed by atoms with Gasteiger partial charge in [0.05, 0.1) is 6.54 Å². The Hall–Kier alpha value is -0.610. The summed E-state index contributed by atoms with van der Waals surface area (Å²) in [6, 6.07) is 0.822. The average Bonchev–Trinajstić information content (AvgIpc) is 2.98. The third kappa shape index (κ3) is 5.47. The zero-order valence-corrected chi connectivity index (χ0v) is 10.4. The molecule has 0 aliphatic heterocycles. The minimum atomic E-state index is 0.117. The summed E-state index contributed by atoms with van der Waals surface area (Å²) >= 11 is 0. The van der Waals surface area contributed by atoms with Gasteiger partial charge in [-0.05, 0) is 46.1 Å². The Bertz CT molecular complexity index is 215. The second-order valence-electron chi connectivity index (χ2n) is 4.85. The van der Waals surface area contributed by atoms with Gasteiger partial charge in [0.1, 0.15) is 0 Å². The van der Waals surface area contributed by atoms with Gasteiger partial charge in [-0.15, -0.1) is 0 Å². The molecule has 2 N–H and O–H groups in total. The summed E-state index contributed by atoms with van der Waals surface area (Å²) in [5.41, 5.74) is 0. The van der Waals surface area contributed by atoms with E-state index in [1.54, 1.807) is 0 Å². The third-order valence-electron chi connectivity index (χ3n) is 2.71. The number of nitrogens with one attached hydrogen (secondary N) is 1. The van der Waals surface area contributed by atoms with Crippen molar-refractivity contribution >= 4 is 5.91 Å². The predicted molar refractivity (Wildman–Crippen MR) is 64.2 cm³/mol. The van der Waals surface area contributed by atoms with Crippen molar-refractivity contribution in [3.8, 4) is 0 Å². The number of carbonyl (C=O) groups excluding carboxylic acids is 1. The van der Waals surface area contributed by atoms with E-state index in [2.05, 4.69) is 10.2 Å². The molecule has 0 aromatic rings. The summed E-state index contributed by atoms with van der Waals surface area (Å²) in [7, 11) is 0. The minimum absolute atomic E-state index is 0.117. The molecule has 1 fully saturated rings. The van der Waals surface area contributed by atoms with Gasteiger partial charge in [0.2, 0.25) is 5.91 Å². The molecular formula is C12H24N2O2. The lowest BCUT2D eigenvalue weighted by Crippen LogP contribution is -2.41. The van der Waals surface area contributed by atoms with Crippen LogP contribution in [-0.4, -0.2) is 47.7 Å². The highest BCUT2D eigenvalue weighted by Crippen LogP contribution is 2.26. The summed E-state index contributed by atoms with van der Waals surface area (Å²) in [5.74, 6) is 0.117. The van der Waals surface area contributed by atoms with Crippen LogP contribution in [0.25, 0.3) is 0 Å². The molecule has 0 radical (unpaired) electrons. The fraction of sp³-hybridized carbons (Fsp3) is 0.917. The third-order valence-corrected chi connectivity index (χ3v) is 2.71. The lowest BCUT2D eigenvalue weighted by Gasteiger charge is -2.21. The smallest absolute Gasteiger partial charge is 0.234 e. The summed E-state index contributed by atoms with van der Waals surface area (Å²) in [6.45, 7) is 5.64. The Balaban J connectivity index is 2.24. The number of unbranched alkanes of at least 4 members (excludes halogenated alkanes) is 1. The topological polar surface area (TPSA) is 52.6 Å². The molecule has 1 rings (SSSR count). The standard InChI is InChI=1S/C12H24N2O2/c1-10(2)13-12(16)9-14(11-5-6-11)7-3-4-8-15/h10-11,15H,3-9H2,1-2H3,(H,13,16). The average molecular weight is 228 g/mol. The van der Waals surface area contributed by atoms with Crippen molar-refractivity contribution in [3.05, 3.63) is 0 Å². The number of aliphatic hydroxyl groups is 1. The highest BCUT2D eigenvalue weighted by atomic mass is 16.2. The molecule has 16 heavy (non-hydrogen) atoms. The van der Waals surface area contributed by atoms with Crippen LogP contribution >= 0.6 is 0 Å². The van der Waals surface area contributed by atoms with Crippen molar-refractivity contribution < 1.29 is 9.90 Å². The maximum atomic E-state index is 11.6. The maximum Gasteiger partial charge on any atom is 0.234 e. The molecule has 0 heterocycles. The van der Waals surface area contributed by atoms with Crippen LogP contribution in [0.5, 0.6) is 0 Å². The first-order valence-electron chi connectivity index (χ1n) is 6.27. The Kier molecular flexibility index (Phi) is 5.77. The molecule has 4 heteroatoms. The largest absolute Gasteiger partial charge is 0.396 e. The molecule has 0 aromatic heterocycles. The predicted octanol–water partition coefficient (Wildman–Crippen LogP) is 0.748. The molecule has 0 unspecified atom stereocenters. The van der Waals surface area contributed by atoms with Gasteiger partial charge in [-0.25, -0.2) is 0 Å². The summed E-state index contributed by atoms with van der Waals surface area (Å²) < 4.78 is 0. The van der Waals surface area contributed by atoms with Gasteiger partial charge in [0.15, 0.2) is 0 Å². The Morgan fingerprint density at radius 3 is 2.62 bits per heavy atom. The van der Waals surface area contributed by atoms with Crippen LogP contribution in [0.2, 0.25) is 0 Å². The fourth-order valence-corrected chi connectivity index (χ4v) is 1.81. The Labute approximate surface area is 98.0 Å². The molecule has 1 aliphatic rings. The molecule has 0 aromatic carbocycles. The normalized spacial score (nSPS) is 15.8. The monoisotopic (exact) mass is 228 g/mol. The van der Waals surface area contributed by atoms with Gasteiger partial charge in [0.25, 0.3) is 0 Å². The number of rotatable bonds is 8. The second kappa shape index (κ2) is 6.86. The van der Waals surface area contributed by atoms with Crippen LogP contribution in [-0.2, 0) is 4.79 Å². The van der Waals surface area contributed by atoms with Gasteiger partial charge in [0, 0.05) is 18.7 Å². The molecule has 1 amide bonds. The lowest BCUT2D eigenvalue weighted by molar-refractivity contribution is -0.122. The van der Waals surface area contributed by atoms with Crippen LogP contribution < -0.4 is 5.32 Å². The van der Waals surface area contributed by atoms with E-state index in [1.807, 2.05) is 13.8 Å². The van der Waals surface area contributed by atoms with Gasteiger partial charge in [-0.2, -0.15) is 0 Å². The van der Waals surface area contributed by atoms with E-state index in [9.17, 15) is 4.79 Å². The van der Waals surface area contributed by atoms with Crippen molar-refractivity contribution in [1.82, 2.24) is 10.2 Å². The van der Waals surface area contributed by atoms with E-state index in [4.69, 9.17) is 5.11 Å². The van der Waals surface area contributed by atoms with Gasteiger partial charge < -0.3 is 10.4 Å². The number of amides is 1. The number of aliphatic hydroxyl groups excluding tert-OH is 1. The quantitative estimate of drug-likeness (QED) is 0.603. The maximum absolute atomic E-state index is 11.6. The number of carbonyl (C=O) groups is 1. The van der Waals surface area contributed by atoms with E-state index < -0.39 is 0 Å². The molecule has 94 valence electrons. The van der Waals surface area contributed by atoms with Crippen molar-refractivity contribution in [2.75, 3.05) is 19.7 Å². The van der Waals surface area contributed by atoms with Gasteiger partial charge >= 0.3 is 0 Å². The molecule has 0 saturated heterocycles. The van der Waals surface area contributed by atoms with Crippen molar-refractivity contribution in [2.45, 2.75) is 51.6 Å². The summed E-state index contributed by atoms with van der Waals surface area (Å²) in [4.78, 5) is 13.9. The molecule has 0 spiro atoms. The van der Waals surface area contributed by atoms with Crippen LogP contribution in [0.15, 0.2) is 0 Å². The SMILES string of the molecule is CC(C)NC(=O)CN(CCCCO)C1CC1. The van der Waals surface area contributed by atoms with Gasteiger partial charge in [-0.1, -0.05) is 0 Å². The number of nitrogens with zero attached hydrogens (tertiary/aromatic N) is 1. The highest BCUT2D eigenvalue weighted by Gasteiger charge is 2.29. The molecule has 0 atom stereocenters. The van der Waals surface area contributed by atoms with Crippen LogP contribution in [0.1, 0.15) is 39.5 Å². The summed E-state index contributed by atoms with van der Waals surface area (Å²) in [5, 5.41) is 11.7. The lowest BCUT2D eigenvalue weighted by atomic mass is 10.3. The van der Waals surface area contributed by atoms with E-state index in [1.165, 1.54) is 12.8 Å². The minimum Gasteiger partial charge on any atom is -0.396 e. The highest BCUT2D eigenvalue weighted by molar-refractivity contribution is 5.78. The number of hydrogen-bond acceptors (Lipinski definition) is 3. The van der Waals surface area contributed by atoms with Gasteiger partial charge in [-0.3, -0.25) is 9.69 Å². The zero-order chi connectivity index (χ0) is 12.0. The molecule has 1 saturated carbocycles. The molecule has 1 aliphatic carbocycles. The van der Waals surface area contributed by atoms with E-state index in [-0.39, 0.29) is 18.6 Å². The van der Waals surface area contributed by atoms with E-state index >= 15 is 0 Å². The summed E-state index contributed by atoms with van der Waals surface area (Å²) in [6.07, 6.45) is 4.24. The first-order chi connectivity index (χ1) is 7.63.